The molecule has 0 aliphatic carbocycles. The zero-order chi connectivity index (χ0) is 12.1. The predicted molar refractivity (Wildman–Crippen MR) is 62.1 cm³/mol. The Kier molecular flexibility index (Phi) is 3.40. The smallest absolute Gasteiger partial charge is 0.354 e. The number of carboxylic acid groups (broad SMARTS) is 1. The molecule has 0 atom stereocenters. The fourth-order valence-corrected chi connectivity index (χ4v) is 1.41. The molecule has 0 aromatic carbocycles. The number of aromatic carboxylic acids is 1. The summed E-state index contributed by atoms with van der Waals surface area (Å²) in [6.07, 6.45) is 3.91. The van der Waals surface area contributed by atoms with E-state index in [4.69, 9.17) is 9.52 Å². The fourth-order valence-electron chi connectivity index (χ4n) is 1.41. The van der Waals surface area contributed by atoms with Gasteiger partial charge in [-0.05, 0) is 24.3 Å². The van der Waals surface area contributed by atoms with Gasteiger partial charge in [-0.1, -0.05) is 0 Å². The van der Waals surface area contributed by atoms with Crippen LogP contribution in [-0.4, -0.2) is 22.6 Å². The van der Waals surface area contributed by atoms with Crippen molar-refractivity contribution < 1.29 is 14.3 Å². The van der Waals surface area contributed by atoms with Crippen LogP contribution < -0.4 is 5.32 Å². The highest BCUT2D eigenvalue weighted by Gasteiger charge is 2.03. The molecular weight excluding hydrogens is 220 g/mol. The van der Waals surface area contributed by atoms with Crippen LogP contribution in [0.3, 0.4) is 0 Å². The molecule has 0 aliphatic rings. The maximum absolute atomic E-state index is 10.6. The number of aromatic nitrogens is 1. The van der Waals surface area contributed by atoms with Crippen LogP contribution >= 0.6 is 0 Å². The van der Waals surface area contributed by atoms with Crippen LogP contribution in [0.5, 0.6) is 0 Å². The summed E-state index contributed by atoms with van der Waals surface area (Å²) < 4.78 is 5.19. The minimum atomic E-state index is -1.02. The van der Waals surface area contributed by atoms with Crippen molar-refractivity contribution in [2.45, 2.75) is 6.42 Å². The summed E-state index contributed by atoms with van der Waals surface area (Å²) in [5.41, 5.74) is 0.836. The second-order valence-electron chi connectivity index (χ2n) is 3.49. The summed E-state index contributed by atoms with van der Waals surface area (Å²) in [6, 6.07) is 6.92. The SMILES string of the molecule is O=C(O)c1ccc(NCCc2ccco2)cn1. The lowest BCUT2D eigenvalue weighted by atomic mass is 10.3. The van der Waals surface area contributed by atoms with Crippen LogP contribution in [0.2, 0.25) is 0 Å². The minimum absolute atomic E-state index is 0.0431. The van der Waals surface area contributed by atoms with Crippen LogP contribution in [-0.2, 0) is 6.42 Å². The van der Waals surface area contributed by atoms with E-state index in [-0.39, 0.29) is 5.69 Å². The number of carbonyl (C=O) groups is 1. The summed E-state index contributed by atoms with van der Waals surface area (Å²) in [4.78, 5) is 14.4. The lowest BCUT2D eigenvalue weighted by molar-refractivity contribution is 0.0690. The van der Waals surface area contributed by atoms with E-state index in [2.05, 4.69) is 10.3 Å². The quantitative estimate of drug-likeness (QED) is 0.824. The second kappa shape index (κ2) is 5.16. The highest BCUT2D eigenvalue weighted by molar-refractivity contribution is 5.85. The van der Waals surface area contributed by atoms with Gasteiger partial charge in [0, 0.05) is 13.0 Å². The topological polar surface area (TPSA) is 75.4 Å². The van der Waals surface area contributed by atoms with E-state index in [0.717, 1.165) is 17.9 Å². The lowest BCUT2D eigenvalue weighted by Gasteiger charge is -2.04. The lowest BCUT2D eigenvalue weighted by Crippen LogP contribution is -2.06. The largest absolute Gasteiger partial charge is 0.477 e. The molecule has 0 bridgehead atoms. The summed E-state index contributed by atoms with van der Waals surface area (Å²) in [5, 5.41) is 11.8. The number of nitrogens with zero attached hydrogens (tertiary/aromatic N) is 1. The molecule has 0 saturated carbocycles. The molecule has 0 saturated heterocycles. The first kappa shape index (κ1) is 11.2. The highest BCUT2D eigenvalue weighted by atomic mass is 16.4. The first-order chi connectivity index (χ1) is 8.25. The molecule has 2 rings (SSSR count). The van der Waals surface area contributed by atoms with Crippen molar-refractivity contribution >= 4 is 11.7 Å². The Morgan fingerprint density at radius 2 is 2.29 bits per heavy atom. The van der Waals surface area contributed by atoms with E-state index in [1.165, 1.54) is 12.3 Å². The summed E-state index contributed by atoms with van der Waals surface area (Å²) in [6.45, 7) is 0.710. The normalized spacial score (nSPS) is 10.1. The molecule has 0 radical (unpaired) electrons. The van der Waals surface area contributed by atoms with Crippen LogP contribution in [0.4, 0.5) is 5.69 Å². The van der Waals surface area contributed by atoms with Crippen molar-refractivity contribution in [2.75, 3.05) is 11.9 Å². The Morgan fingerprint density at radius 1 is 1.41 bits per heavy atom. The Labute approximate surface area is 98.1 Å². The number of furan rings is 1. The zero-order valence-electron chi connectivity index (χ0n) is 9.09. The van der Waals surface area contributed by atoms with Gasteiger partial charge in [0.2, 0.25) is 0 Å². The highest BCUT2D eigenvalue weighted by Crippen LogP contribution is 2.07. The number of nitrogens with one attached hydrogen (secondary N) is 1. The molecule has 0 spiro atoms. The van der Waals surface area contributed by atoms with Gasteiger partial charge >= 0.3 is 5.97 Å². The molecule has 17 heavy (non-hydrogen) atoms. The third-order valence-electron chi connectivity index (χ3n) is 2.26. The number of pyridine rings is 1. The Bertz CT molecular complexity index is 477. The first-order valence-electron chi connectivity index (χ1n) is 5.21. The van der Waals surface area contributed by atoms with Gasteiger partial charge in [-0.25, -0.2) is 9.78 Å². The monoisotopic (exact) mass is 232 g/mol. The van der Waals surface area contributed by atoms with Gasteiger partial charge in [0.1, 0.15) is 11.5 Å². The third kappa shape index (κ3) is 3.07. The van der Waals surface area contributed by atoms with Gasteiger partial charge in [0.25, 0.3) is 0 Å². The number of hydrogen-bond acceptors (Lipinski definition) is 4. The van der Waals surface area contributed by atoms with E-state index in [1.54, 1.807) is 12.3 Å². The molecule has 2 N–H and O–H groups in total. The number of hydrogen-bond donors (Lipinski definition) is 2. The number of anilines is 1. The van der Waals surface area contributed by atoms with Gasteiger partial charge in [-0.2, -0.15) is 0 Å². The maximum atomic E-state index is 10.6. The van der Waals surface area contributed by atoms with Gasteiger partial charge in [0.15, 0.2) is 0 Å². The second-order valence-corrected chi connectivity index (χ2v) is 3.49. The van der Waals surface area contributed by atoms with Crippen LogP contribution in [0, 0.1) is 0 Å². The molecule has 2 aromatic rings. The molecule has 2 aromatic heterocycles. The number of rotatable bonds is 5. The molecule has 88 valence electrons. The summed E-state index contributed by atoms with van der Waals surface area (Å²) >= 11 is 0. The molecular formula is C12H12N2O3. The molecule has 5 nitrogen and oxygen atoms in total. The predicted octanol–water partition coefficient (Wildman–Crippen LogP) is 2.03. The average molecular weight is 232 g/mol. The molecule has 0 unspecified atom stereocenters. The van der Waals surface area contributed by atoms with Crippen LogP contribution in [0.15, 0.2) is 41.1 Å². The number of carboxylic acids is 1. The maximum Gasteiger partial charge on any atom is 0.354 e. The van der Waals surface area contributed by atoms with Gasteiger partial charge in [-0.15, -0.1) is 0 Å². The first-order valence-corrected chi connectivity index (χ1v) is 5.21. The molecule has 5 heteroatoms. The van der Waals surface area contributed by atoms with E-state index in [0.29, 0.717) is 6.54 Å². The van der Waals surface area contributed by atoms with Crippen LogP contribution in [0.1, 0.15) is 16.2 Å². The average Bonchev–Trinajstić information content (AvgIpc) is 2.83. The van der Waals surface area contributed by atoms with Crippen molar-refractivity contribution in [3.8, 4) is 0 Å². The van der Waals surface area contributed by atoms with Crippen molar-refractivity contribution in [1.29, 1.82) is 0 Å². The molecule has 0 fully saturated rings. The van der Waals surface area contributed by atoms with Gasteiger partial charge in [0.05, 0.1) is 18.1 Å². The summed E-state index contributed by atoms with van der Waals surface area (Å²) in [5.74, 6) is -0.111. The van der Waals surface area contributed by atoms with Crippen molar-refractivity contribution in [3.05, 3.63) is 48.2 Å². The van der Waals surface area contributed by atoms with E-state index >= 15 is 0 Å². The Hall–Kier alpha value is -2.30. The van der Waals surface area contributed by atoms with E-state index in [9.17, 15) is 4.79 Å². The molecule has 0 amide bonds. The molecule has 0 aliphatic heterocycles. The summed E-state index contributed by atoms with van der Waals surface area (Å²) in [7, 11) is 0. The van der Waals surface area contributed by atoms with E-state index in [1.807, 2.05) is 12.1 Å². The third-order valence-corrected chi connectivity index (χ3v) is 2.26. The zero-order valence-corrected chi connectivity index (χ0v) is 9.09. The van der Waals surface area contributed by atoms with Gasteiger partial charge < -0.3 is 14.8 Å². The fraction of sp³-hybridized carbons (Fsp3) is 0.167. The Morgan fingerprint density at radius 3 is 2.88 bits per heavy atom. The van der Waals surface area contributed by atoms with Crippen molar-refractivity contribution in [2.24, 2.45) is 0 Å². The van der Waals surface area contributed by atoms with Crippen LogP contribution in [0.25, 0.3) is 0 Å². The van der Waals surface area contributed by atoms with E-state index < -0.39 is 5.97 Å². The van der Waals surface area contributed by atoms with Gasteiger partial charge in [-0.3, -0.25) is 0 Å². The Balaban J connectivity index is 1.85. The standard InChI is InChI=1S/C12H12N2O3/c15-12(16)11-4-3-9(8-14-11)13-6-5-10-2-1-7-17-10/h1-4,7-8,13H,5-6H2,(H,15,16). The minimum Gasteiger partial charge on any atom is -0.477 e. The van der Waals surface area contributed by atoms with Crippen molar-refractivity contribution in [3.63, 3.8) is 0 Å². The molecule has 2 heterocycles. The van der Waals surface area contributed by atoms with Crippen molar-refractivity contribution in [1.82, 2.24) is 4.98 Å².